The Labute approximate surface area is 131 Å². The molecule has 1 aromatic carbocycles. The molecule has 0 saturated carbocycles. The minimum Gasteiger partial charge on any atom is -0.350 e. The summed E-state index contributed by atoms with van der Waals surface area (Å²) in [6, 6.07) is 8.42. The van der Waals surface area contributed by atoms with Crippen LogP contribution in [0, 0.1) is 0 Å². The van der Waals surface area contributed by atoms with Gasteiger partial charge in [0.1, 0.15) is 0 Å². The molecule has 23 heavy (non-hydrogen) atoms. The maximum absolute atomic E-state index is 12.0. The number of nitrogens with zero attached hydrogens (tertiary/aromatic N) is 1. The summed E-state index contributed by atoms with van der Waals surface area (Å²) in [6.07, 6.45) is 0.389. The second-order valence-electron chi connectivity index (χ2n) is 4.30. The van der Waals surface area contributed by atoms with Crippen LogP contribution in [-0.4, -0.2) is 39.9 Å². The summed E-state index contributed by atoms with van der Waals surface area (Å²) in [4.78, 5) is 23.1. The molecular weight excluding hydrogens is 328 g/mol. The molecular formula is C12H16N4O6S. The van der Waals surface area contributed by atoms with Gasteiger partial charge < -0.3 is 11.5 Å². The van der Waals surface area contributed by atoms with E-state index in [2.05, 4.69) is 5.10 Å². The summed E-state index contributed by atoms with van der Waals surface area (Å²) in [6.45, 7) is 0.325. The lowest BCUT2D eigenvalue weighted by atomic mass is 10.1. The predicted molar refractivity (Wildman–Crippen MR) is 82.4 cm³/mol. The lowest BCUT2D eigenvalue weighted by Gasteiger charge is -2.00. The van der Waals surface area contributed by atoms with Crippen LogP contribution in [-0.2, 0) is 16.8 Å². The smallest absolute Gasteiger partial charge is 0.350 e. The van der Waals surface area contributed by atoms with Crippen LogP contribution >= 0.6 is 0 Å². The number of carbonyl (C=O) groups is 1. The Morgan fingerprint density at radius 3 is 2.17 bits per heavy atom. The van der Waals surface area contributed by atoms with Crippen LogP contribution in [0.1, 0.15) is 5.56 Å². The van der Waals surface area contributed by atoms with E-state index in [0.29, 0.717) is 24.2 Å². The Hall–Kier alpha value is -2.47. The quantitative estimate of drug-likeness (QED) is 0.470. The number of rotatable bonds is 3. The average Bonchev–Trinajstić information content (AvgIpc) is 2.76. The van der Waals surface area contributed by atoms with Crippen molar-refractivity contribution in [1.82, 2.24) is 9.78 Å². The molecule has 1 amide bonds. The third-order valence-corrected chi connectivity index (χ3v) is 2.66. The molecule has 0 fully saturated rings. The maximum Gasteiger partial charge on any atom is 0.394 e. The lowest BCUT2D eigenvalue weighted by molar-refractivity contribution is 0.247. The summed E-state index contributed by atoms with van der Waals surface area (Å²) in [5.74, 6) is 0. The molecule has 0 radical (unpaired) electrons. The molecule has 7 N–H and O–H groups in total. The van der Waals surface area contributed by atoms with Crippen molar-refractivity contribution in [2.24, 2.45) is 11.5 Å². The van der Waals surface area contributed by atoms with E-state index in [1.807, 2.05) is 30.3 Å². The van der Waals surface area contributed by atoms with Crippen LogP contribution in [0.3, 0.4) is 0 Å². The molecule has 126 valence electrons. The summed E-state index contributed by atoms with van der Waals surface area (Å²) in [5.41, 5.74) is 12.1. The highest BCUT2D eigenvalue weighted by Gasteiger charge is 2.17. The largest absolute Gasteiger partial charge is 0.394 e. The zero-order valence-electron chi connectivity index (χ0n) is 11.8. The first-order valence-corrected chi connectivity index (χ1v) is 7.64. The Morgan fingerprint density at radius 1 is 1.22 bits per heavy atom. The number of nitrogens with two attached hydrogens (primary N) is 2. The number of nitrogens with one attached hydrogen (secondary N) is 1. The molecule has 0 saturated heterocycles. The molecule has 0 aliphatic rings. The predicted octanol–water partition coefficient (Wildman–Crippen LogP) is -0.381. The van der Waals surface area contributed by atoms with Crippen LogP contribution < -0.4 is 17.0 Å². The highest BCUT2D eigenvalue weighted by molar-refractivity contribution is 7.79. The van der Waals surface area contributed by atoms with Crippen molar-refractivity contribution < 1.29 is 22.3 Å². The Balaban J connectivity index is 0.000000463. The monoisotopic (exact) mass is 344 g/mol. The Morgan fingerprint density at radius 2 is 1.74 bits per heavy atom. The minimum absolute atomic E-state index is 0.325. The van der Waals surface area contributed by atoms with E-state index in [-0.39, 0.29) is 0 Å². The Bertz CT molecular complexity index is 817. The van der Waals surface area contributed by atoms with Crippen molar-refractivity contribution in [2.75, 3.05) is 6.54 Å². The van der Waals surface area contributed by atoms with E-state index < -0.39 is 22.0 Å². The molecule has 0 spiro atoms. The van der Waals surface area contributed by atoms with Gasteiger partial charge in [0.05, 0.1) is 5.69 Å². The van der Waals surface area contributed by atoms with Gasteiger partial charge in [0.25, 0.3) is 5.56 Å². The van der Waals surface area contributed by atoms with Gasteiger partial charge in [-0.25, -0.2) is 4.79 Å². The van der Waals surface area contributed by atoms with E-state index in [9.17, 15) is 9.59 Å². The van der Waals surface area contributed by atoms with Gasteiger partial charge in [0, 0.05) is 5.56 Å². The zero-order chi connectivity index (χ0) is 17.6. The first-order valence-electron chi connectivity index (χ1n) is 6.24. The van der Waals surface area contributed by atoms with Crippen LogP contribution in [0.15, 0.2) is 35.1 Å². The number of primary amides is 1. The second-order valence-corrected chi connectivity index (χ2v) is 5.19. The van der Waals surface area contributed by atoms with Crippen molar-refractivity contribution in [3.63, 3.8) is 0 Å². The second kappa shape index (κ2) is 7.69. The van der Waals surface area contributed by atoms with Gasteiger partial charge in [0.15, 0.2) is 0 Å². The SMILES string of the molecule is NCCc1c(-c2ccccc2)[nH]n(C(N)=O)c1=O.O=S(=O)(O)O. The topological polar surface area (TPSA) is 181 Å². The molecule has 0 unspecified atom stereocenters. The summed E-state index contributed by atoms with van der Waals surface area (Å²) >= 11 is 0. The van der Waals surface area contributed by atoms with Gasteiger partial charge in [-0.05, 0) is 18.5 Å². The number of hydrogen-bond donors (Lipinski definition) is 5. The normalized spacial score (nSPS) is 10.7. The Kier molecular flexibility index (Phi) is 6.21. The molecule has 0 bridgehead atoms. The molecule has 10 nitrogen and oxygen atoms in total. The van der Waals surface area contributed by atoms with E-state index in [4.69, 9.17) is 29.0 Å². The van der Waals surface area contributed by atoms with E-state index in [1.165, 1.54) is 0 Å². The van der Waals surface area contributed by atoms with Gasteiger partial charge >= 0.3 is 16.4 Å². The van der Waals surface area contributed by atoms with Crippen LogP contribution in [0.2, 0.25) is 0 Å². The highest BCUT2D eigenvalue weighted by atomic mass is 32.3. The van der Waals surface area contributed by atoms with E-state index >= 15 is 0 Å². The highest BCUT2D eigenvalue weighted by Crippen LogP contribution is 2.19. The third-order valence-electron chi connectivity index (χ3n) is 2.66. The molecule has 1 heterocycles. The number of amides is 1. The number of carbonyl (C=O) groups excluding carboxylic acids is 1. The standard InChI is InChI=1S/C12H14N4O2.H2O4S/c13-7-6-9-10(8-4-2-1-3-5-8)15-16(11(9)17)12(14)18;1-5(2,3)4/h1-5,15H,6-7,13H2,(H2,14,18);(H2,1,2,3,4). The third kappa shape index (κ3) is 5.67. The fourth-order valence-corrected chi connectivity index (χ4v) is 1.85. The minimum atomic E-state index is -4.67. The van der Waals surface area contributed by atoms with Crippen LogP contribution in [0.25, 0.3) is 11.3 Å². The van der Waals surface area contributed by atoms with Crippen molar-refractivity contribution >= 4 is 16.4 Å². The number of aromatic amines is 1. The fourth-order valence-electron chi connectivity index (χ4n) is 1.85. The number of H-pyrrole nitrogens is 1. The van der Waals surface area contributed by atoms with Crippen molar-refractivity contribution in [3.05, 3.63) is 46.2 Å². The van der Waals surface area contributed by atoms with E-state index in [1.54, 1.807) is 0 Å². The van der Waals surface area contributed by atoms with Gasteiger partial charge in [0.2, 0.25) is 0 Å². The van der Waals surface area contributed by atoms with E-state index in [0.717, 1.165) is 10.2 Å². The first kappa shape index (κ1) is 18.6. The molecule has 11 heteroatoms. The zero-order valence-corrected chi connectivity index (χ0v) is 12.7. The number of hydrogen-bond acceptors (Lipinski definition) is 5. The number of benzene rings is 1. The first-order chi connectivity index (χ1) is 10.6. The molecule has 0 atom stereocenters. The summed E-state index contributed by atoms with van der Waals surface area (Å²) in [7, 11) is -4.67. The van der Waals surface area contributed by atoms with Gasteiger partial charge in [-0.3, -0.25) is 19.0 Å². The van der Waals surface area contributed by atoms with Crippen molar-refractivity contribution in [3.8, 4) is 11.3 Å². The van der Waals surface area contributed by atoms with Gasteiger partial charge in [-0.15, -0.1) is 0 Å². The maximum atomic E-state index is 12.0. The molecule has 2 rings (SSSR count). The molecule has 1 aromatic heterocycles. The summed E-state index contributed by atoms with van der Waals surface area (Å²) in [5, 5.41) is 2.72. The van der Waals surface area contributed by atoms with Crippen molar-refractivity contribution in [2.45, 2.75) is 6.42 Å². The molecule has 2 aromatic rings. The van der Waals surface area contributed by atoms with Crippen molar-refractivity contribution in [1.29, 1.82) is 0 Å². The van der Waals surface area contributed by atoms with Crippen LogP contribution in [0.4, 0.5) is 4.79 Å². The molecule has 0 aliphatic carbocycles. The number of aromatic nitrogens is 2. The fraction of sp³-hybridized carbons (Fsp3) is 0.167. The van der Waals surface area contributed by atoms with Gasteiger partial charge in [-0.1, -0.05) is 30.3 Å². The summed E-state index contributed by atoms with van der Waals surface area (Å²) < 4.78 is 32.4. The van der Waals surface area contributed by atoms with Gasteiger partial charge in [-0.2, -0.15) is 13.1 Å². The van der Waals surface area contributed by atoms with Crippen LogP contribution in [0.5, 0.6) is 0 Å². The average molecular weight is 344 g/mol. The molecule has 0 aliphatic heterocycles. The lowest BCUT2D eigenvalue weighted by Crippen LogP contribution is -2.31.